The maximum atomic E-state index is 8.42. The van der Waals surface area contributed by atoms with Crippen molar-refractivity contribution in [1.82, 2.24) is 4.37 Å². The van der Waals surface area contributed by atoms with Crippen molar-refractivity contribution in [3.63, 3.8) is 0 Å². The largest absolute Gasteiger partial charge is 0.367 e. The van der Waals surface area contributed by atoms with Crippen molar-refractivity contribution in [2.24, 2.45) is 0 Å². The van der Waals surface area contributed by atoms with Crippen LogP contribution in [0.5, 0.6) is 0 Å². The van der Waals surface area contributed by atoms with Crippen molar-refractivity contribution in [3.05, 3.63) is 6.20 Å². The van der Waals surface area contributed by atoms with E-state index in [-0.39, 0.29) is 0 Å². The molecule has 11 heavy (non-hydrogen) atoms. The first-order chi connectivity index (χ1) is 5.25. The normalized spacial score (nSPS) is 9.18. The van der Waals surface area contributed by atoms with Crippen LogP contribution in [0.1, 0.15) is 0 Å². The van der Waals surface area contributed by atoms with Crippen LogP contribution in [-0.2, 0) is 0 Å². The molecular formula is C6H7N3S2. The molecule has 1 rings (SSSR count). The molecule has 0 aliphatic carbocycles. The molecule has 0 bridgehead atoms. The molecule has 1 aromatic heterocycles. The van der Waals surface area contributed by atoms with Crippen LogP contribution in [0.4, 0.5) is 5.00 Å². The quantitative estimate of drug-likeness (QED) is 0.520. The Kier molecular flexibility index (Phi) is 2.74. The Morgan fingerprint density at radius 2 is 2.45 bits per heavy atom. The van der Waals surface area contributed by atoms with Crippen LogP contribution in [-0.4, -0.2) is 18.5 Å². The first-order valence-electron chi connectivity index (χ1n) is 2.93. The van der Waals surface area contributed by atoms with E-state index in [0.29, 0.717) is 0 Å². The minimum atomic E-state index is 0.933. The molecule has 0 amide bonds. The number of thioether (sulfide) groups is 1. The third kappa shape index (κ3) is 1.85. The number of hydrogen-bond donors (Lipinski definition) is 0. The Morgan fingerprint density at radius 3 is 3.00 bits per heavy atom. The first-order valence-corrected chi connectivity index (χ1v) is 4.52. The second-order valence-corrected chi connectivity index (χ2v) is 3.69. The number of rotatable bonds is 2. The molecule has 58 valence electrons. The van der Waals surface area contributed by atoms with Crippen molar-refractivity contribution in [1.29, 1.82) is 5.26 Å². The zero-order valence-electron chi connectivity index (χ0n) is 6.24. The standard InChI is InChI=1S/C6H7N3S2/c1-9(2)6-5(10-4-7)3-8-11-6/h3H,1-2H3. The van der Waals surface area contributed by atoms with Gasteiger partial charge in [-0.05, 0) is 23.3 Å². The summed E-state index contributed by atoms with van der Waals surface area (Å²) in [6, 6.07) is 0. The van der Waals surface area contributed by atoms with Crippen molar-refractivity contribution in [2.75, 3.05) is 19.0 Å². The highest BCUT2D eigenvalue weighted by Gasteiger charge is 2.06. The van der Waals surface area contributed by atoms with Gasteiger partial charge in [-0.15, -0.1) is 0 Å². The van der Waals surface area contributed by atoms with Crippen LogP contribution in [0.15, 0.2) is 11.1 Å². The summed E-state index contributed by atoms with van der Waals surface area (Å²) in [5.74, 6) is 0. The Bertz CT molecular complexity index is 274. The zero-order valence-corrected chi connectivity index (χ0v) is 7.87. The third-order valence-electron chi connectivity index (χ3n) is 1.08. The molecule has 5 heteroatoms. The molecule has 3 nitrogen and oxygen atoms in total. The van der Waals surface area contributed by atoms with E-state index in [4.69, 9.17) is 5.26 Å². The summed E-state index contributed by atoms with van der Waals surface area (Å²) in [6.07, 6.45) is 1.72. The monoisotopic (exact) mass is 185 g/mol. The van der Waals surface area contributed by atoms with Crippen molar-refractivity contribution in [3.8, 4) is 5.40 Å². The number of anilines is 1. The molecule has 0 saturated carbocycles. The second-order valence-electron chi connectivity index (χ2n) is 2.08. The summed E-state index contributed by atoms with van der Waals surface area (Å²) in [7, 11) is 3.88. The van der Waals surface area contributed by atoms with E-state index in [9.17, 15) is 0 Å². The van der Waals surface area contributed by atoms with Gasteiger partial charge < -0.3 is 4.90 Å². The summed E-state index contributed by atoms with van der Waals surface area (Å²) >= 11 is 2.55. The summed E-state index contributed by atoms with van der Waals surface area (Å²) < 4.78 is 3.99. The fourth-order valence-electron chi connectivity index (χ4n) is 0.646. The lowest BCUT2D eigenvalue weighted by molar-refractivity contribution is 1.13. The van der Waals surface area contributed by atoms with Crippen LogP contribution in [0, 0.1) is 10.7 Å². The van der Waals surface area contributed by atoms with E-state index in [1.54, 1.807) is 6.20 Å². The number of hydrogen-bond acceptors (Lipinski definition) is 5. The molecule has 0 spiro atoms. The second kappa shape index (κ2) is 3.60. The highest BCUT2D eigenvalue weighted by molar-refractivity contribution is 8.04. The van der Waals surface area contributed by atoms with Gasteiger partial charge in [0.15, 0.2) is 0 Å². The highest BCUT2D eigenvalue weighted by atomic mass is 32.2. The average Bonchev–Trinajstić information content (AvgIpc) is 2.36. The van der Waals surface area contributed by atoms with Crippen LogP contribution < -0.4 is 4.90 Å². The molecular weight excluding hydrogens is 178 g/mol. The minimum Gasteiger partial charge on any atom is -0.367 e. The summed E-state index contributed by atoms with van der Waals surface area (Å²) in [5, 5.41) is 11.5. The number of nitrogens with zero attached hydrogens (tertiary/aromatic N) is 3. The fraction of sp³-hybridized carbons (Fsp3) is 0.333. The first kappa shape index (κ1) is 8.37. The third-order valence-corrected chi connectivity index (χ3v) is 2.79. The van der Waals surface area contributed by atoms with Gasteiger partial charge in [-0.3, -0.25) is 0 Å². The lowest BCUT2D eigenvalue weighted by Crippen LogP contribution is -2.07. The predicted octanol–water partition coefficient (Wildman–Crippen LogP) is 1.78. The van der Waals surface area contributed by atoms with Crippen molar-refractivity contribution >= 4 is 28.3 Å². The molecule has 1 heterocycles. The van der Waals surface area contributed by atoms with Crippen molar-refractivity contribution < 1.29 is 0 Å². The maximum absolute atomic E-state index is 8.42. The molecule has 0 fully saturated rings. The number of nitriles is 1. The molecule has 0 unspecified atom stereocenters. The van der Waals surface area contributed by atoms with E-state index < -0.39 is 0 Å². The lowest BCUT2D eigenvalue weighted by Gasteiger charge is -2.08. The van der Waals surface area contributed by atoms with Gasteiger partial charge in [0, 0.05) is 14.1 Å². The van der Waals surface area contributed by atoms with Gasteiger partial charge in [-0.25, -0.2) is 0 Å². The molecule has 0 aliphatic heterocycles. The molecule has 0 radical (unpaired) electrons. The molecule has 0 N–H and O–H groups in total. The van der Waals surface area contributed by atoms with Gasteiger partial charge in [0.2, 0.25) is 0 Å². The van der Waals surface area contributed by atoms with E-state index in [0.717, 1.165) is 21.7 Å². The highest BCUT2D eigenvalue weighted by Crippen LogP contribution is 2.31. The smallest absolute Gasteiger partial charge is 0.138 e. The van der Waals surface area contributed by atoms with E-state index in [1.165, 1.54) is 11.5 Å². The molecule has 0 aromatic carbocycles. The molecule has 0 aliphatic rings. The maximum Gasteiger partial charge on any atom is 0.138 e. The van der Waals surface area contributed by atoms with Crippen LogP contribution in [0.25, 0.3) is 0 Å². The fourth-order valence-corrected chi connectivity index (χ4v) is 1.99. The van der Waals surface area contributed by atoms with Gasteiger partial charge >= 0.3 is 0 Å². The molecule has 1 aromatic rings. The van der Waals surface area contributed by atoms with Crippen LogP contribution in [0.2, 0.25) is 0 Å². The van der Waals surface area contributed by atoms with Crippen molar-refractivity contribution in [2.45, 2.75) is 4.90 Å². The van der Waals surface area contributed by atoms with Gasteiger partial charge in [-0.1, -0.05) is 0 Å². The van der Waals surface area contributed by atoms with E-state index >= 15 is 0 Å². The van der Waals surface area contributed by atoms with Gasteiger partial charge in [0.1, 0.15) is 10.4 Å². The summed E-state index contributed by atoms with van der Waals surface area (Å²) in [5.41, 5.74) is 0. The molecule has 0 saturated heterocycles. The van der Waals surface area contributed by atoms with E-state index in [2.05, 4.69) is 4.37 Å². The SMILES string of the molecule is CN(C)c1sncc1SC#N. The van der Waals surface area contributed by atoms with Gasteiger partial charge in [-0.2, -0.15) is 9.64 Å². The lowest BCUT2D eigenvalue weighted by atomic mass is 10.6. The Hall–Kier alpha value is -0.730. The van der Waals surface area contributed by atoms with Gasteiger partial charge in [0.05, 0.1) is 11.1 Å². The Morgan fingerprint density at radius 1 is 1.73 bits per heavy atom. The topological polar surface area (TPSA) is 39.9 Å². The van der Waals surface area contributed by atoms with Crippen LogP contribution in [0.3, 0.4) is 0 Å². The Labute approximate surface area is 73.8 Å². The Balaban J connectivity index is 2.89. The molecule has 0 atom stereocenters. The zero-order chi connectivity index (χ0) is 8.27. The van der Waals surface area contributed by atoms with E-state index in [1.807, 2.05) is 24.4 Å². The minimum absolute atomic E-state index is 0.933. The number of aromatic nitrogens is 1. The predicted molar refractivity (Wildman–Crippen MR) is 47.9 cm³/mol. The van der Waals surface area contributed by atoms with Gasteiger partial charge in [0.25, 0.3) is 0 Å². The summed E-state index contributed by atoms with van der Waals surface area (Å²) in [4.78, 5) is 2.89. The number of thiocyanates is 1. The summed E-state index contributed by atoms with van der Waals surface area (Å²) in [6.45, 7) is 0. The average molecular weight is 185 g/mol. The van der Waals surface area contributed by atoms with Crippen LogP contribution >= 0.6 is 23.3 Å².